The van der Waals surface area contributed by atoms with E-state index in [0.717, 1.165) is 6.54 Å². The van der Waals surface area contributed by atoms with E-state index in [1.807, 2.05) is 18.2 Å². The molecule has 0 saturated carbocycles. The molecule has 0 heterocycles. The topological polar surface area (TPSA) is 29.3 Å². The normalized spacial score (nSPS) is 14.0. The van der Waals surface area contributed by atoms with Gasteiger partial charge in [-0.3, -0.25) is 4.90 Å². The average Bonchev–Trinajstić information content (AvgIpc) is 2.31. The van der Waals surface area contributed by atoms with Gasteiger partial charge >= 0.3 is 0 Å². The number of hydrogen-bond acceptors (Lipinski definition) is 2. The van der Waals surface area contributed by atoms with Gasteiger partial charge in [-0.1, -0.05) is 43.1 Å². The first kappa shape index (κ1) is 15.8. The average molecular weight is 289 g/mol. The van der Waals surface area contributed by atoms with E-state index in [0.29, 0.717) is 16.6 Å². The SMILES string of the molecule is CC(c1ccc(Cl)c(Cl)c1)N(C)CC(C)(C)CN. The van der Waals surface area contributed by atoms with Crippen LogP contribution in [0.15, 0.2) is 18.2 Å². The summed E-state index contributed by atoms with van der Waals surface area (Å²) in [5.41, 5.74) is 7.05. The summed E-state index contributed by atoms with van der Waals surface area (Å²) in [7, 11) is 2.10. The number of hydrogen-bond donors (Lipinski definition) is 1. The zero-order valence-corrected chi connectivity index (χ0v) is 13.0. The summed E-state index contributed by atoms with van der Waals surface area (Å²) in [6.07, 6.45) is 0. The summed E-state index contributed by atoms with van der Waals surface area (Å²) in [5.74, 6) is 0. The summed E-state index contributed by atoms with van der Waals surface area (Å²) in [4.78, 5) is 2.28. The van der Waals surface area contributed by atoms with Gasteiger partial charge in [0.15, 0.2) is 0 Å². The number of rotatable bonds is 5. The quantitative estimate of drug-likeness (QED) is 0.888. The maximum absolute atomic E-state index is 6.05. The fourth-order valence-electron chi connectivity index (χ4n) is 1.90. The Kier molecular flexibility index (Phi) is 5.47. The van der Waals surface area contributed by atoms with Crippen molar-refractivity contribution in [1.82, 2.24) is 4.90 Å². The summed E-state index contributed by atoms with van der Waals surface area (Å²) < 4.78 is 0. The molecule has 0 aliphatic heterocycles. The van der Waals surface area contributed by atoms with E-state index in [9.17, 15) is 0 Å². The van der Waals surface area contributed by atoms with Crippen molar-refractivity contribution in [3.05, 3.63) is 33.8 Å². The molecule has 2 N–H and O–H groups in total. The highest BCUT2D eigenvalue weighted by atomic mass is 35.5. The van der Waals surface area contributed by atoms with E-state index in [4.69, 9.17) is 28.9 Å². The van der Waals surface area contributed by atoms with Crippen LogP contribution in [0.5, 0.6) is 0 Å². The second-order valence-corrected chi connectivity index (χ2v) is 6.45. The van der Waals surface area contributed by atoms with Gasteiger partial charge in [0.25, 0.3) is 0 Å². The lowest BCUT2D eigenvalue weighted by Crippen LogP contribution is -2.37. The minimum Gasteiger partial charge on any atom is -0.330 e. The molecule has 0 spiro atoms. The number of benzene rings is 1. The largest absolute Gasteiger partial charge is 0.330 e. The van der Waals surface area contributed by atoms with Crippen molar-refractivity contribution in [2.24, 2.45) is 11.1 Å². The summed E-state index contributed by atoms with van der Waals surface area (Å²) >= 11 is 12.0. The van der Waals surface area contributed by atoms with Crippen LogP contribution in [0.4, 0.5) is 0 Å². The van der Waals surface area contributed by atoms with Crippen LogP contribution in [0, 0.1) is 5.41 Å². The van der Waals surface area contributed by atoms with Crippen LogP contribution >= 0.6 is 23.2 Å². The molecule has 0 bridgehead atoms. The highest BCUT2D eigenvalue weighted by Crippen LogP contribution is 2.29. The first-order chi connectivity index (χ1) is 8.26. The monoisotopic (exact) mass is 288 g/mol. The summed E-state index contributed by atoms with van der Waals surface area (Å²) in [5, 5.41) is 1.20. The molecule has 18 heavy (non-hydrogen) atoms. The Bertz CT molecular complexity index is 405. The molecule has 4 heteroatoms. The Morgan fingerprint density at radius 2 is 1.89 bits per heavy atom. The van der Waals surface area contributed by atoms with Crippen molar-refractivity contribution in [3.8, 4) is 0 Å². The molecule has 1 aromatic carbocycles. The Morgan fingerprint density at radius 1 is 1.28 bits per heavy atom. The summed E-state index contributed by atoms with van der Waals surface area (Å²) in [6, 6.07) is 6.08. The van der Waals surface area contributed by atoms with Crippen molar-refractivity contribution in [2.45, 2.75) is 26.8 Å². The number of nitrogens with two attached hydrogens (primary N) is 1. The predicted octanol–water partition coefficient (Wildman–Crippen LogP) is 3.97. The second-order valence-electron chi connectivity index (χ2n) is 5.63. The van der Waals surface area contributed by atoms with Gasteiger partial charge in [-0.2, -0.15) is 0 Å². The smallest absolute Gasteiger partial charge is 0.0595 e. The van der Waals surface area contributed by atoms with Gasteiger partial charge in [0, 0.05) is 12.6 Å². The van der Waals surface area contributed by atoms with Gasteiger partial charge < -0.3 is 5.73 Å². The van der Waals surface area contributed by atoms with Gasteiger partial charge in [-0.05, 0) is 43.6 Å². The molecular weight excluding hydrogens is 267 g/mol. The molecule has 0 radical (unpaired) electrons. The number of halogens is 2. The Labute approximate surface area is 120 Å². The third kappa shape index (κ3) is 4.13. The highest BCUT2D eigenvalue weighted by molar-refractivity contribution is 6.42. The van der Waals surface area contributed by atoms with Crippen LogP contribution < -0.4 is 5.73 Å². The van der Waals surface area contributed by atoms with Crippen LogP contribution in [-0.2, 0) is 0 Å². The van der Waals surface area contributed by atoms with E-state index in [1.54, 1.807) is 0 Å². The van der Waals surface area contributed by atoms with Crippen molar-refractivity contribution < 1.29 is 0 Å². The molecule has 1 aromatic rings. The molecule has 0 aromatic heterocycles. The molecular formula is C14H22Cl2N2. The maximum atomic E-state index is 6.05. The lowest BCUT2D eigenvalue weighted by Gasteiger charge is -2.33. The first-order valence-corrected chi connectivity index (χ1v) is 6.87. The predicted molar refractivity (Wildman–Crippen MR) is 80.3 cm³/mol. The minimum atomic E-state index is 0.110. The third-order valence-electron chi connectivity index (χ3n) is 3.32. The van der Waals surface area contributed by atoms with E-state index >= 15 is 0 Å². The van der Waals surface area contributed by atoms with Gasteiger partial charge in [0.05, 0.1) is 10.0 Å². The lowest BCUT2D eigenvalue weighted by atomic mass is 9.92. The molecule has 0 aliphatic carbocycles. The third-order valence-corrected chi connectivity index (χ3v) is 4.06. The van der Waals surface area contributed by atoms with E-state index in [1.165, 1.54) is 5.56 Å². The fraction of sp³-hybridized carbons (Fsp3) is 0.571. The van der Waals surface area contributed by atoms with Crippen molar-refractivity contribution in [1.29, 1.82) is 0 Å². The van der Waals surface area contributed by atoms with E-state index < -0.39 is 0 Å². The fourth-order valence-corrected chi connectivity index (χ4v) is 2.21. The Hall–Kier alpha value is -0.280. The van der Waals surface area contributed by atoms with Crippen LogP contribution in [0.25, 0.3) is 0 Å². The molecule has 0 aliphatic rings. The van der Waals surface area contributed by atoms with Gasteiger partial charge in [-0.15, -0.1) is 0 Å². The maximum Gasteiger partial charge on any atom is 0.0595 e. The molecule has 0 fully saturated rings. The highest BCUT2D eigenvalue weighted by Gasteiger charge is 2.22. The number of nitrogens with zero attached hydrogens (tertiary/aromatic N) is 1. The van der Waals surface area contributed by atoms with E-state index in [-0.39, 0.29) is 11.5 Å². The minimum absolute atomic E-state index is 0.110. The van der Waals surface area contributed by atoms with Crippen LogP contribution in [-0.4, -0.2) is 25.0 Å². The Morgan fingerprint density at radius 3 is 2.39 bits per heavy atom. The molecule has 2 nitrogen and oxygen atoms in total. The van der Waals surface area contributed by atoms with Crippen LogP contribution in [0.3, 0.4) is 0 Å². The second kappa shape index (κ2) is 6.25. The Balaban J connectivity index is 2.80. The summed E-state index contributed by atoms with van der Waals surface area (Å²) in [6.45, 7) is 8.11. The molecule has 1 unspecified atom stereocenters. The van der Waals surface area contributed by atoms with Crippen molar-refractivity contribution in [3.63, 3.8) is 0 Å². The molecule has 1 atom stereocenters. The van der Waals surface area contributed by atoms with Crippen LogP contribution in [0.1, 0.15) is 32.4 Å². The molecule has 0 saturated heterocycles. The zero-order chi connectivity index (χ0) is 13.9. The first-order valence-electron chi connectivity index (χ1n) is 6.12. The molecule has 1 rings (SSSR count). The lowest BCUT2D eigenvalue weighted by molar-refractivity contribution is 0.174. The van der Waals surface area contributed by atoms with Crippen LogP contribution in [0.2, 0.25) is 10.0 Å². The molecule has 102 valence electrons. The van der Waals surface area contributed by atoms with Crippen molar-refractivity contribution >= 4 is 23.2 Å². The van der Waals surface area contributed by atoms with E-state index in [2.05, 4.69) is 32.7 Å². The standard InChI is InChI=1S/C14H22Cl2N2/c1-10(18(4)9-14(2,3)8-17)11-5-6-12(15)13(16)7-11/h5-7,10H,8-9,17H2,1-4H3. The van der Waals surface area contributed by atoms with Gasteiger partial charge in [-0.25, -0.2) is 0 Å². The van der Waals surface area contributed by atoms with Gasteiger partial charge in [0.2, 0.25) is 0 Å². The van der Waals surface area contributed by atoms with Gasteiger partial charge in [0.1, 0.15) is 0 Å². The molecule has 0 amide bonds. The zero-order valence-electron chi connectivity index (χ0n) is 11.5. The van der Waals surface area contributed by atoms with Crippen molar-refractivity contribution in [2.75, 3.05) is 20.1 Å².